The molecule has 2 aliphatic heterocycles. The van der Waals surface area contributed by atoms with Crippen LogP contribution in [0.4, 0.5) is 10.5 Å². The van der Waals surface area contributed by atoms with Crippen LogP contribution in [0.5, 0.6) is 0 Å². The number of ether oxygens (including phenoxy) is 2. The Hall–Kier alpha value is -0.530. The van der Waals surface area contributed by atoms with E-state index in [9.17, 15) is 4.79 Å². The van der Waals surface area contributed by atoms with E-state index in [1.165, 1.54) is 0 Å². The number of amides is 1. The zero-order valence-electron chi connectivity index (χ0n) is 12.2. The molecule has 2 atom stereocenters. The van der Waals surface area contributed by atoms with Crippen molar-refractivity contribution >= 4 is 46.0 Å². The van der Waals surface area contributed by atoms with Gasteiger partial charge in [-0.3, -0.25) is 0 Å². The van der Waals surface area contributed by atoms with Crippen LogP contribution in [0, 0.1) is 0 Å². The van der Waals surface area contributed by atoms with Crippen molar-refractivity contribution in [1.82, 2.24) is 0 Å². The molecule has 4 nitrogen and oxygen atoms in total. The van der Waals surface area contributed by atoms with Gasteiger partial charge in [0.15, 0.2) is 6.23 Å². The summed E-state index contributed by atoms with van der Waals surface area (Å²) >= 11 is 8.50. The largest absolute Gasteiger partial charge is 0.443 e. The smallest absolute Gasteiger partial charge is 0.417 e. The molecule has 0 unspecified atom stereocenters. The Balaban J connectivity index is 2.05. The van der Waals surface area contributed by atoms with Crippen LogP contribution in [0.15, 0.2) is 18.2 Å². The van der Waals surface area contributed by atoms with Gasteiger partial charge in [-0.05, 0) is 44.9 Å². The number of benzene rings is 1. The number of anilines is 1. The topological polar surface area (TPSA) is 38.8 Å². The highest BCUT2D eigenvalue weighted by atomic mass is 127. The molecule has 1 aromatic rings. The highest BCUT2D eigenvalue weighted by Crippen LogP contribution is 2.56. The monoisotopic (exact) mass is 421 g/mol. The third kappa shape index (κ3) is 2.53. The van der Waals surface area contributed by atoms with Gasteiger partial charge >= 0.3 is 6.09 Å². The van der Waals surface area contributed by atoms with Gasteiger partial charge in [-0.25, -0.2) is 9.69 Å². The maximum Gasteiger partial charge on any atom is 0.417 e. The molecule has 1 amide bonds. The summed E-state index contributed by atoms with van der Waals surface area (Å²) in [6.45, 7) is 6.20. The molecule has 1 saturated heterocycles. The standard InChI is InChI=1S/C15H17ClINO3/c1-14(2,3)21-13(19)18-11-8-9(16)4-5-10(11)15(17)6-7-20-12(15)18/h4-5,8,12H,6-7H2,1-3H3/t12-,15+/m0/s1. The van der Waals surface area contributed by atoms with Crippen molar-refractivity contribution in [3.63, 3.8) is 0 Å². The molecule has 0 aromatic heterocycles. The molecule has 2 aliphatic rings. The molecule has 3 rings (SSSR count). The van der Waals surface area contributed by atoms with Crippen LogP contribution >= 0.6 is 34.2 Å². The van der Waals surface area contributed by atoms with E-state index in [0.717, 1.165) is 17.7 Å². The fourth-order valence-electron chi connectivity index (χ4n) is 2.81. The number of alkyl halides is 1. The second kappa shape index (κ2) is 4.99. The van der Waals surface area contributed by atoms with Crippen LogP contribution in [-0.4, -0.2) is 24.5 Å². The Bertz CT molecular complexity index is 601. The Labute approximate surface area is 142 Å². The molecule has 114 valence electrons. The fourth-order valence-corrected chi connectivity index (χ4v) is 4.11. The Kier molecular flexibility index (Phi) is 3.65. The van der Waals surface area contributed by atoms with E-state index in [1.807, 2.05) is 39.0 Å². The van der Waals surface area contributed by atoms with Gasteiger partial charge in [-0.15, -0.1) is 0 Å². The van der Waals surface area contributed by atoms with Crippen LogP contribution in [0.1, 0.15) is 32.8 Å². The van der Waals surface area contributed by atoms with Crippen LogP contribution in [0.2, 0.25) is 5.02 Å². The van der Waals surface area contributed by atoms with Crippen molar-refractivity contribution in [2.45, 2.75) is 42.4 Å². The maximum absolute atomic E-state index is 12.6. The predicted molar refractivity (Wildman–Crippen MR) is 90.2 cm³/mol. The zero-order chi connectivity index (χ0) is 15.4. The average molecular weight is 422 g/mol. The van der Waals surface area contributed by atoms with E-state index in [2.05, 4.69) is 22.6 Å². The molecule has 6 heteroatoms. The quantitative estimate of drug-likeness (QED) is 0.458. The lowest BCUT2D eigenvalue weighted by atomic mass is 9.99. The van der Waals surface area contributed by atoms with Crippen molar-refractivity contribution in [2.24, 2.45) is 0 Å². The lowest BCUT2D eigenvalue weighted by Gasteiger charge is -2.29. The van der Waals surface area contributed by atoms with Gasteiger partial charge in [0.25, 0.3) is 0 Å². The molecular weight excluding hydrogens is 405 g/mol. The van der Waals surface area contributed by atoms with Crippen LogP contribution in [-0.2, 0) is 12.9 Å². The van der Waals surface area contributed by atoms with Gasteiger partial charge in [0, 0.05) is 5.02 Å². The summed E-state index contributed by atoms with van der Waals surface area (Å²) in [5, 5.41) is 0.599. The van der Waals surface area contributed by atoms with Crippen LogP contribution in [0.3, 0.4) is 0 Å². The van der Waals surface area contributed by atoms with E-state index < -0.39 is 11.7 Å². The van der Waals surface area contributed by atoms with Gasteiger partial charge in [0.05, 0.1) is 15.7 Å². The predicted octanol–water partition coefficient (Wildman–Crippen LogP) is 4.47. The third-order valence-corrected chi connectivity index (χ3v) is 5.51. The van der Waals surface area contributed by atoms with Gasteiger partial charge < -0.3 is 9.47 Å². The Morgan fingerprint density at radius 2 is 2.24 bits per heavy atom. The average Bonchev–Trinajstić information content (AvgIpc) is 2.79. The third-order valence-electron chi connectivity index (χ3n) is 3.62. The number of carbonyl (C=O) groups excluding carboxylic acids is 1. The highest BCUT2D eigenvalue weighted by Gasteiger charge is 2.56. The normalized spacial score (nSPS) is 27.5. The summed E-state index contributed by atoms with van der Waals surface area (Å²) in [6, 6.07) is 5.65. The number of hydrogen-bond donors (Lipinski definition) is 0. The highest BCUT2D eigenvalue weighted by molar-refractivity contribution is 14.1. The summed E-state index contributed by atoms with van der Waals surface area (Å²) in [7, 11) is 0. The van der Waals surface area contributed by atoms with E-state index in [-0.39, 0.29) is 9.65 Å². The van der Waals surface area contributed by atoms with Crippen molar-refractivity contribution in [3.05, 3.63) is 28.8 Å². The summed E-state index contributed by atoms with van der Waals surface area (Å²) in [6.07, 6.45) is 0.143. The first-order valence-corrected chi connectivity index (χ1v) is 8.31. The first kappa shape index (κ1) is 15.4. The molecule has 0 radical (unpaired) electrons. The number of rotatable bonds is 0. The van der Waals surface area contributed by atoms with Gasteiger partial charge in [0.2, 0.25) is 0 Å². The zero-order valence-corrected chi connectivity index (χ0v) is 15.1. The van der Waals surface area contributed by atoms with E-state index in [1.54, 1.807) is 4.90 Å². The minimum absolute atomic E-state index is 0.228. The molecular formula is C15H17ClINO3. The molecule has 1 aromatic carbocycles. The van der Waals surface area contributed by atoms with E-state index in [4.69, 9.17) is 21.1 Å². The Morgan fingerprint density at radius 1 is 1.52 bits per heavy atom. The minimum Gasteiger partial charge on any atom is -0.443 e. The second-order valence-corrected chi connectivity index (χ2v) is 8.71. The fraction of sp³-hybridized carbons (Fsp3) is 0.533. The second-order valence-electron chi connectivity index (χ2n) is 6.35. The number of hydrogen-bond acceptors (Lipinski definition) is 3. The number of halogens is 2. The SMILES string of the molecule is CC(C)(C)OC(=O)N1c2cc(Cl)ccc2[C@]2(I)CCO[C@H]12. The van der Waals surface area contributed by atoms with Gasteiger partial charge in [0.1, 0.15) is 5.60 Å². The minimum atomic E-state index is -0.551. The lowest BCUT2D eigenvalue weighted by Crippen LogP contribution is -2.45. The van der Waals surface area contributed by atoms with E-state index in [0.29, 0.717) is 11.6 Å². The Morgan fingerprint density at radius 3 is 2.90 bits per heavy atom. The van der Waals surface area contributed by atoms with Crippen molar-refractivity contribution in [3.8, 4) is 0 Å². The summed E-state index contributed by atoms with van der Waals surface area (Å²) in [5.41, 5.74) is 1.32. The first-order valence-electron chi connectivity index (χ1n) is 6.85. The van der Waals surface area contributed by atoms with Crippen LogP contribution < -0.4 is 4.90 Å². The molecule has 0 bridgehead atoms. The van der Waals surface area contributed by atoms with Crippen molar-refractivity contribution in [1.29, 1.82) is 0 Å². The van der Waals surface area contributed by atoms with Crippen molar-refractivity contribution < 1.29 is 14.3 Å². The van der Waals surface area contributed by atoms with Crippen molar-refractivity contribution in [2.75, 3.05) is 11.5 Å². The number of carbonyl (C=O) groups is 1. The molecule has 0 spiro atoms. The summed E-state index contributed by atoms with van der Waals surface area (Å²) in [4.78, 5) is 14.2. The molecule has 21 heavy (non-hydrogen) atoms. The number of nitrogens with zero attached hydrogens (tertiary/aromatic N) is 1. The van der Waals surface area contributed by atoms with Crippen LogP contribution in [0.25, 0.3) is 0 Å². The van der Waals surface area contributed by atoms with Gasteiger partial charge in [-0.2, -0.15) is 0 Å². The van der Waals surface area contributed by atoms with E-state index >= 15 is 0 Å². The van der Waals surface area contributed by atoms with Gasteiger partial charge in [-0.1, -0.05) is 40.3 Å². The summed E-state index contributed by atoms with van der Waals surface area (Å²) in [5.74, 6) is 0. The molecule has 0 N–H and O–H groups in total. The molecule has 0 aliphatic carbocycles. The molecule has 1 fully saturated rings. The maximum atomic E-state index is 12.6. The number of fused-ring (bicyclic) bond motifs is 3. The first-order chi connectivity index (χ1) is 9.72. The molecule has 0 saturated carbocycles. The molecule has 2 heterocycles. The lowest BCUT2D eigenvalue weighted by molar-refractivity contribution is 0.0414. The summed E-state index contributed by atoms with van der Waals surface area (Å²) < 4.78 is 11.1.